The van der Waals surface area contributed by atoms with Crippen LogP contribution in [0, 0.1) is 0 Å². The van der Waals surface area contributed by atoms with Crippen LogP contribution in [0.15, 0.2) is 0 Å². The lowest BCUT2D eigenvalue weighted by Gasteiger charge is -2.14. The lowest BCUT2D eigenvalue weighted by atomic mass is 10.3. The monoisotopic (exact) mass is 188 g/mol. The SMILES string of the molecule is CCO[C@@H]1CN(C(=O)CN)C[C@H]1O. The van der Waals surface area contributed by atoms with E-state index >= 15 is 0 Å². The van der Waals surface area contributed by atoms with Crippen LogP contribution in [0.3, 0.4) is 0 Å². The minimum atomic E-state index is -0.574. The number of rotatable bonds is 3. The number of aliphatic hydroxyl groups excluding tert-OH is 1. The summed E-state index contributed by atoms with van der Waals surface area (Å²) in [5, 5.41) is 9.48. The van der Waals surface area contributed by atoms with Crippen molar-refractivity contribution in [1.82, 2.24) is 4.90 Å². The standard InChI is InChI=1S/C8H16N2O3/c1-2-13-7-5-10(4-6(7)11)8(12)3-9/h6-7,11H,2-5,9H2,1H3/t6-,7-/m1/s1. The number of hydrogen-bond acceptors (Lipinski definition) is 4. The number of carbonyl (C=O) groups is 1. The molecule has 5 heteroatoms. The van der Waals surface area contributed by atoms with E-state index in [1.165, 1.54) is 4.90 Å². The van der Waals surface area contributed by atoms with Gasteiger partial charge in [0.05, 0.1) is 12.6 Å². The molecule has 0 aromatic carbocycles. The Balaban J connectivity index is 2.44. The van der Waals surface area contributed by atoms with E-state index < -0.39 is 6.10 Å². The molecule has 3 N–H and O–H groups in total. The van der Waals surface area contributed by atoms with Gasteiger partial charge in [0.2, 0.25) is 5.91 Å². The average Bonchev–Trinajstić information content (AvgIpc) is 2.47. The normalized spacial score (nSPS) is 28.1. The first-order valence-electron chi connectivity index (χ1n) is 4.46. The lowest BCUT2D eigenvalue weighted by molar-refractivity contribution is -0.129. The number of aliphatic hydroxyl groups is 1. The maximum Gasteiger partial charge on any atom is 0.236 e. The van der Waals surface area contributed by atoms with Crippen LogP contribution in [0.4, 0.5) is 0 Å². The van der Waals surface area contributed by atoms with Crippen LogP contribution in [0.5, 0.6) is 0 Å². The summed E-state index contributed by atoms with van der Waals surface area (Å²) in [7, 11) is 0. The molecular formula is C8H16N2O3. The molecule has 76 valence electrons. The number of ether oxygens (including phenoxy) is 1. The molecule has 1 amide bonds. The van der Waals surface area contributed by atoms with Gasteiger partial charge in [-0.15, -0.1) is 0 Å². The smallest absolute Gasteiger partial charge is 0.236 e. The van der Waals surface area contributed by atoms with Gasteiger partial charge in [-0.1, -0.05) is 0 Å². The van der Waals surface area contributed by atoms with Gasteiger partial charge >= 0.3 is 0 Å². The molecule has 0 radical (unpaired) electrons. The quantitative estimate of drug-likeness (QED) is 0.568. The van der Waals surface area contributed by atoms with Gasteiger partial charge in [-0.25, -0.2) is 0 Å². The molecule has 0 aromatic rings. The van der Waals surface area contributed by atoms with Crippen LogP contribution >= 0.6 is 0 Å². The first kappa shape index (κ1) is 10.4. The lowest BCUT2D eigenvalue weighted by Crippen LogP contribution is -2.35. The van der Waals surface area contributed by atoms with Crippen molar-refractivity contribution in [3.63, 3.8) is 0 Å². The summed E-state index contributed by atoms with van der Waals surface area (Å²) in [6.45, 7) is 3.18. The van der Waals surface area contributed by atoms with Crippen LogP contribution in [0.2, 0.25) is 0 Å². The Bertz CT molecular complexity index is 186. The Morgan fingerprint density at radius 1 is 1.69 bits per heavy atom. The third-order valence-corrected chi connectivity index (χ3v) is 2.15. The predicted octanol–water partition coefficient (Wildman–Crippen LogP) is -1.45. The number of nitrogens with two attached hydrogens (primary N) is 1. The maximum absolute atomic E-state index is 11.1. The van der Waals surface area contributed by atoms with E-state index in [1.807, 2.05) is 6.92 Å². The molecule has 0 saturated carbocycles. The molecule has 1 heterocycles. The largest absolute Gasteiger partial charge is 0.388 e. The summed E-state index contributed by atoms with van der Waals surface area (Å²) in [5.41, 5.74) is 5.20. The van der Waals surface area contributed by atoms with Crippen LogP contribution in [-0.4, -0.2) is 54.4 Å². The minimum Gasteiger partial charge on any atom is -0.388 e. The van der Waals surface area contributed by atoms with Crippen molar-refractivity contribution in [2.45, 2.75) is 19.1 Å². The van der Waals surface area contributed by atoms with Gasteiger partial charge < -0.3 is 20.5 Å². The molecule has 2 atom stereocenters. The molecule has 1 saturated heterocycles. The van der Waals surface area contributed by atoms with Gasteiger partial charge in [0.1, 0.15) is 6.10 Å². The minimum absolute atomic E-state index is 0.00837. The molecule has 0 unspecified atom stereocenters. The third-order valence-electron chi connectivity index (χ3n) is 2.15. The van der Waals surface area contributed by atoms with Gasteiger partial charge in [0.25, 0.3) is 0 Å². The van der Waals surface area contributed by atoms with E-state index in [9.17, 15) is 9.90 Å². The highest BCUT2D eigenvalue weighted by molar-refractivity contribution is 5.78. The zero-order chi connectivity index (χ0) is 9.84. The van der Waals surface area contributed by atoms with Crippen LogP contribution in [-0.2, 0) is 9.53 Å². The maximum atomic E-state index is 11.1. The molecule has 1 fully saturated rings. The molecule has 0 bridgehead atoms. The Hall–Kier alpha value is -0.650. The van der Waals surface area contributed by atoms with Gasteiger partial charge in [0, 0.05) is 19.7 Å². The second-order valence-corrected chi connectivity index (χ2v) is 3.06. The number of carbonyl (C=O) groups excluding carboxylic acids is 1. The molecule has 1 rings (SSSR count). The highest BCUT2D eigenvalue weighted by Gasteiger charge is 2.33. The van der Waals surface area contributed by atoms with Gasteiger partial charge in [-0.05, 0) is 6.92 Å². The van der Waals surface area contributed by atoms with E-state index in [0.29, 0.717) is 19.7 Å². The Labute approximate surface area is 77.5 Å². The highest BCUT2D eigenvalue weighted by Crippen LogP contribution is 2.13. The first-order valence-corrected chi connectivity index (χ1v) is 4.46. The fraction of sp³-hybridized carbons (Fsp3) is 0.875. The number of hydrogen-bond donors (Lipinski definition) is 2. The third kappa shape index (κ3) is 2.40. The number of β-amino-alcohol motifs (C(OH)–C–C–N with tert-alkyl or cyclic N) is 1. The first-order chi connectivity index (χ1) is 6.19. The Morgan fingerprint density at radius 3 is 2.92 bits per heavy atom. The van der Waals surface area contributed by atoms with E-state index in [4.69, 9.17) is 10.5 Å². The Kier molecular flexibility index (Phi) is 3.65. The second-order valence-electron chi connectivity index (χ2n) is 3.06. The van der Waals surface area contributed by atoms with Crippen molar-refractivity contribution in [3.05, 3.63) is 0 Å². The Morgan fingerprint density at radius 2 is 2.38 bits per heavy atom. The van der Waals surface area contributed by atoms with Crippen LogP contribution in [0.25, 0.3) is 0 Å². The zero-order valence-corrected chi connectivity index (χ0v) is 7.77. The predicted molar refractivity (Wildman–Crippen MR) is 47.1 cm³/mol. The van der Waals surface area contributed by atoms with Crippen molar-refractivity contribution in [2.24, 2.45) is 5.73 Å². The molecule has 0 aliphatic carbocycles. The highest BCUT2D eigenvalue weighted by atomic mass is 16.5. The van der Waals surface area contributed by atoms with Crippen molar-refractivity contribution >= 4 is 5.91 Å². The van der Waals surface area contributed by atoms with Crippen molar-refractivity contribution < 1.29 is 14.6 Å². The molecular weight excluding hydrogens is 172 g/mol. The summed E-state index contributed by atoms with van der Waals surface area (Å²) in [6.07, 6.45) is -0.823. The molecule has 1 aliphatic rings. The number of amides is 1. The molecule has 13 heavy (non-hydrogen) atoms. The summed E-state index contributed by atoms with van der Waals surface area (Å²) < 4.78 is 5.26. The molecule has 0 spiro atoms. The van der Waals surface area contributed by atoms with Gasteiger partial charge in [-0.3, -0.25) is 4.79 Å². The van der Waals surface area contributed by atoms with Crippen LogP contribution in [0.1, 0.15) is 6.92 Å². The second kappa shape index (κ2) is 4.55. The fourth-order valence-corrected chi connectivity index (χ4v) is 1.47. The van der Waals surface area contributed by atoms with E-state index in [2.05, 4.69) is 0 Å². The summed E-state index contributed by atoms with van der Waals surface area (Å²) in [6, 6.07) is 0. The number of likely N-dealkylation sites (tertiary alicyclic amines) is 1. The van der Waals surface area contributed by atoms with Crippen molar-refractivity contribution in [2.75, 3.05) is 26.2 Å². The number of nitrogens with zero attached hydrogens (tertiary/aromatic N) is 1. The van der Waals surface area contributed by atoms with Gasteiger partial charge in [-0.2, -0.15) is 0 Å². The topological polar surface area (TPSA) is 75.8 Å². The van der Waals surface area contributed by atoms with E-state index in [1.54, 1.807) is 0 Å². The molecule has 0 aromatic heterocycles. The summed E-state index contributed by atoms with van der Waals surface area (Å²) >= 11 is 0. The van der Waals surface area contributed by atoms with Crippen LogP contribution < -0.4 is 5.73 Å². The van der Waals surface area contributed by atoms with Gasteiger partial charge in [0.15, 0.2) is 0 Å². The fourth-order valence-electron chi connectivity index (χ4n) is 1.47. The van der Waals surface area contributed by atoms with E-state index in [-0.39, 0.29) is 18.6 Å². The molecule has 5 nitrogen and oxygen atoms in total. The summed E-state index contributed by atoms with van der Waals surface area (Å²) in [4.78, 5) is 12.7. The summed E-state index contributed by atoms with van der Waals surface area (Å²) in [5.74, 6) is -0.138. The zero-order valence-electron chi connectivity index (χ0n) is 7.77. The molecule has 1 aliphatic heterocycles. The van der Waals surface area contributed by atoms with Crippen molar-refractivity contribution in [3.8, 4) is 0 Å². The average molecular weight is 188 g/mol. The van der Waals surface area contributed by atoms with Crippen molar-refractivity contribution in [1.29, 1.82) is 0 Å². The van der Waals surface area contributed by atoms with E-state index in [0.717, 1.165) is 0 Å².